The van der Waals surface area contributed by atoms with Crippen LogP contribution in [0.1, 0.15) is 41.8 Å². The Morgan fingerprint density at radius 1 is 1.20 bits per heavy atom. The van der Waals surface area contributed by atoms with Gasteiger partial charge in [0, 0.05) is 56.8 Å². The lowest BCUT2D eigenvalue weighted by Gasteiger charge is -2.22. The highest BCUT2D eigenvalue weighted by molar-refractivity contribution is 14.1. The van der Waals surface area contributed by atoms with E-state index in [1.807, 2.05) is 48.5 Å². The van der Waals surface area contributed by atoms with E-state index in [0.717, 1.165) is 27.9 Å². The summed E-state index contributed by atoms with van der Waals surface area (Å²) in [6, 6.07) is 15.9. The van der Waals surface area contributed by atoms with Crippen LogP contribution < -0.4 is 20.6 Å². The van der Waals surface area contributed by atoms with Crippen LogP contribution >= 0.6 is 38.5 Å². The molecular weight excluding hydrogens is 689 g/mol. The predicted octanol–water partition coefficient (Wildman–Crippen LogP) is 5.12. The maximum absolute atomic E-state index is 12.9. The van der Waals surface area contributed by atoms with Crippen molar-refractivity contribution >= 4 is 56.3 Å². The van der Waals surface area contributed by atoms with Crippen molar-refractivity contribution in [3.8, 4) is 11.8 Å². The topological polar surface area (TPSA) is 109 Å². The van der Waals surface area contributed by atoms with E-state index >= 15 is 0 Å². The Balaban J connectivity index is 1.81. The van der Waals surface area contributed by atoms with Crippen molar-refractivity contribution in [3.05, 3.63) is 88.8 Å². The van der Waals surface area contributed by atoms with Crippen LogP contribution in [0.15, 0.2) is 56.8 Å². The average Bonchev–Trinajstić information content (AvgIpc) is 2.95. The largest absolute Gasteiger partial charge is 0.488 e. The number of anilines is 1. The van der Waals surface area contributed by atoms with E-state index in [2.05, 4.69) is 67.8 Å². The summed E-state index contributed by atoms with van der Waals surface area (Å²) in [5.74, 6) is 0.113. The van der Waals surface area contributed by atoms with Crippen LogP contribution in [0.5, 0.6) is 5.75 Å². The Morgan fingerprint density at radius 2 is 1.90 bits per heavy atom. The lowest BCUT2D eigenvalue weighted by molar-refractivity contribution is -0.121. The van der Waals surface area contributed by atoms with Gasteiger partial charge < -0.3 is 18.9 Å². The lowest BCUT2D eigenvalue weighted by Crippen LogP contribution is -2.33. The minimum absolute atomic E-state index is 0.0705. The fourth-order valence-electron chi connectivity index (χ4n) is 4.08. The SMILES string of the molecule is CCN(CC)c1ccc(/C=N/NC(=O)Cn2c(C)c(Br)c(COC)c(C#N)c2=O)c(OCc2ccc(I)cc2)c1. The Kier molecular flexibility index (Phi) is 11.7. The first-order chi connectivity index (χ1) is 19.2. The van der Waals surface area contributed by atoms with E-state index in [4.69, 9.17) is 9.47 Å². The van der Waals surface area contributed by atoms with Gasteiger partial charge in [0.05, 0.1) is 12.8 Å². The zero-order valence-corrected chi connectivity index (χ0v) is 26.6. The molecule has 9 nitrogen and oxygen atoms in total. The first-order valence-electron chi connectivity index (χ1n) is 12.6. The number of carbonyl (C=O) groups is 1. The quantitative estimate of drug-likeness (QED) is 0.158. The molecule has 0 fully saturated rings. The summed E-state index contributed by atoms with van der Waals surface area (Å²) in [5, 5.41) is 13.6. The van der Waals surface area contributed by atoms with Gasteiger partial charge in [0.1, 0.15) is 30.5 Å². The standard InChI is InChI=1S/C29H31BrIN5O4/c1-5-35(6-2)23-12-9-21(26(13-23)40-17-20-7-10-22(31)11-8-20)15-33-34-27(37)16-36-19(3)28(30)25(18-39-4)24(14-32)29(36)38/h7-13,15H,5-6,16-18H2,1-4H3,(H,34,37)/b33-15+. The van der Waals surface area contributed by atoms with E-state index in [1.165, 1.54) is 17.9 Å². The molecule has 1 N–H and O–H groups in total. The molecule has 0 atom stereocenters. The van der Waals surface area contributed by atoms with Crippen LogP contribution in [0, 0.1) is 21.8 Å². The van der Waals surface area contributed by atoms with Crippen molar-refractivity contribution in [2.24, 2.45) is 5.10 Å². The molecule has 3 aromatic rings. The molecule has 0 unspecified atom stereocenters. The van der Waals surface area contributed by atoms with Crippen LogP contribution in [-0.4, -0.2) is 36.9 Å². The molecular formula is C29H31BrIN5O4. The fourth-order valence-corrected chi connectivity index (χ4v) is 4.97. The van der Waals surface area contributed by atoms with Gasteiger partial charge in [-0.05, 0) is 89.1 Å². The maximum atomic E-state index is 12.9. The number of ether oxygens (including phenoxy) is 2. The second-order valence-electron chi connectivity index (χ2n) is 8.79. The van der Waals surface area contributed by atoms with Crippen molar-refractivity contribution in [3.63, 3.8) is 0 Å². The van der Waals surface area contributed by atoms with Gasteiger partial charge in [0.25, 0.3) is 11.5 Å². The number of nitrogens with zero attached hydrogens (tertiary/aromatic N) is 4. The van der Waals surface area contributed by atoms with Crippen molar-refractivity contribution in [2.75, 3.05) is 25.1 Å². The number of benzene rings is 2. The van der Waals surface area contributed by atoms with Crippen molar-refractivity contribution in [2.45, 2.75) is 40.5 Å². The van der Waals surface area contributed by atoms with Crippen LogP contribution in [-0.2, 0) is 29.3 Å². The molecule has 11 heteroatoms. The normalized spacial score (nSPS) is 10.9. The third kappa shape index (κ3) is 7.71. The highest BCUT2D eigenvalue weighted by atomic mass is 127. The number of pyridine rings is 1. The second kappa shape index (κ2) is 15.0. The third-order valence-corrected chi connectivity index (χ3v) is 8.05. The second-order valence-corrected chi connectivity index (χ2v) is 10.8. The number of aromatic nitrogens is 1. The molecule has 0 aliphatic rings. The van der Waals surface area contributed by atoms with Gasteiger partial charge in [0.2, 0.25) is 0 Å². The summed E-state index contributed by atoms with van der Waals surface area (Å²) >= 11 is 5.69. The van der Waals surface area contributed by atoms with E-state index in [-0.39, 0.29) is 18.7 Å². The van der Waals surface area contributed by atoms with Crippen LogP contribution in [0.2, 0.25) is 0 Å². The van der Waals surface area contributed by atoms with Crippen molar-refractivity contribution < 1.29 is 14.3 Å². The highest BCUT2D eigenvalue weighted by Gasteiger charge is 2.19. The van der Waals surface area contributed by atoms with Crippen LogP contribution in [0.3, 0.4) is 0 Å². The zero-order chi connectivity index (χ0) is 29.2. The van der Waals surface area contributed by atoms with Gasteiger partial charge in [-0.25, -0.2) is 5.43 Å². The number of hydrogen-bond donors (Lipinski definition) is 1. The summed E-state index contributed by atoms with van der Waals surface area (Å²) in [4.78, 5) is 27.9. The van der Waals surface area contributed by atoms with E-state index in [0.29, 0.717) is 33.6 Å². The molecule has 0 saturated carbocycles. The number of carbonyl (C=O) groups excluding carboxylic acids is 1. The number of methoxy groups -OCH3 is 1. The van der Waals surface area contributed by atoms with Crippen molar-refractivity contribution in [1.29, 1.82) is 5.26 Å². The molecule has 0 saturated heterocycles. The molecule has 3 rings (SSSR count). The van der Waals surface area contributed by atoms with Gasteiger partial charge in [-0.1, -0.05) is 12.1 Å². The van der Waals surface area contributed by atoms with Gasteiger partial charge >= 0.3 is 0 Å². The Morgan fingerprint density at radius 3 is 2.52 bits per heavy atom. The van der Waals surface area contributed by atoms with Crippen LogP contribution in [0.25, 0.3) is 0 Å². The average molecular weight is 720 g/mol. The van der Waals surface area contributed by atoms with Gasteiger partial charge in [-0.2, -0.15) is 10.4 Å². The van der Waals surface area contributed by atoms with Crippen LogP contribution in [0.4, 0.5) is 5.69 Å². The minimum atomic E-state index is -0.562. The Labute approximate surface area is 256 Å². The molecule has 210 valence electrons. The van der Waals surface area contributed by atoms with E-state index in [1.54, 1.807) is 6.92 Å². The molecule has 2 aromatic carbocycles. The fraction of sp³-hybridized carbons (Fsp3) is 0.310. The summed E-state index contributed by atoms with van der Waals surface area (Å²) < 4.78 is 14.2. The van der Waals surface area contributed by atoms with Crippen molar-refractivity contribution in [1.82, 2.24) is 9.99 Å². The monoisotopic (exact) mass is 719 g/mol. The number of rotatable bonds is 12. The smallest absolute Gasteiger partial charge is 0.269 e. The molecule has 40 heavy (non-hydrogen) atoms. The summed E-state index contributed by atoms with van der Waals surface area (Å²) in [7, 11) is 1.48. The molecule has 1 aromatic heterocycles. The Hall–Kier alpha value is -3.21. The number of hydrogen-bond acceptors (Lipinski definition) is 7. The highest BCUT2D eigenvalue weighted by Crippen LogP contribution is 2.26. The summed E-state index contributed by atoms with van der Waals surface area (Å²) in [5.41, 5.74) is 5.55. The van der Waals surface area contributed by atoms with E-state index in [9.17, 15) is 14.9 Å². The molecule has 0 radical (unpaired) electrons. The number of hydrazone groups is 1. The third-order valence-electron chi connectivity index (χ3n) is 6.28. The summed E-state index contributed by atoms with van der Waals surface area (Å²) in [6.07, 6.45) is 1.51. The number of halogens is 2. The first-order valence-corrected chi connectivity index (χ1v) is 14.5. The maximum Gasteiger partial charge on any atom is 0.269 e. The van der Waals surface area contributed by atoms with Gasteiger partial charge in [-0.15, -0.1) is 0 Å². The molecule has 0 bridgehead atoms. The number of nitriles is 1. The van der Waals surface area contributed by atoms with E-state index < -0.39 is 11.5 Å². The number of amides is 1. The Bertz CT molecular complexity index is 1480. The first kappa shape index (κ1) is 31.3. The molecule has 1 heterocycles. The lowest BCUT2D eigenvalue weighted by atomic mass is 10.1. The molecule has 1 amide bonds. The zero-order valence-electron chi connectivity index (χ0n) is 22.8. The predicted molar refractivity (Wildman–Crippen MR) is 168 cm³/mol. The summed E-state index contributed by atoms with van der Waals surface area (Å²) in [6.45, 7) is 7.75. The number of nitrogens with one attached hydrogen (secondary N) is 1. The molecule has 0 aliphatic heterocycles. The minimum Gasteiger partial charge on any atom is -0.488 e. The molecule has 0 aliphatic carbocycles. The molecule has 0 spiro atoms. The van der Waals surface area contributed by atoms with Gasteiger partial charge in [0.15, 0.2) is 0 Å². The van der Waals surface area contributed by atoms with Gasteiger partial charge in [-0.3, -0.25) is 9.59 Å².